The summed E-state index contributed by atoms with van der Waals surface area (Å²) in [5, 5.41) is 37.9. The SMILES string of the molecule is Cc1nn(CC(O)CNCC2(O)CCC2)c(C)c1[N+](=O)[O-]. The van der Waals surface area contributed by atoms with Crippen LogP contribution in [0.5, 0.6) is 0 Å². The average molecular weight is 298 g/mol. The van der Waals surface area contributed by atoms with Crippen LogP contribution >= 0.6 is 0 Å². The molecule has 1 aliphatic carbocycles. The Morgan fingerprint density at radius 1 is 1.52 bits per heavy atom. The summed E-state index contributed by atoms with van der Waals surface area (Å²) >= 11 is 0. The molecule has 8 heteroatoms. The van der Waals surface area contributed by atoms with Crippen molar-refractivity contribution in [3.05, 3.63) is 21.5 Å². The summed E-state index contributed by atoms with van der Waals surface area (Å²) in [5.41, 5.74) is 0.158. The zero-order chi connectivity index (χ0) is 15.6. The molecule has 1 saturated carbocycles. The van der Waals surface area contributed by atoms with Gasteiger partial charge in [-0.1, -0.05) is 0 Å². The molecule has 21 heavy (non-hydrogen) atoms. The summed E-state index contributed by atoms with van der Waals surface area (Å²) in [5.74, 6) is 0. The molecule has 3 N–H and O–H groups in total. The molecule has 0 amide bonds. The van der Waals surface area contributed by atoms with Crippen LogP contribution in [-0.4, -0.2) is 49.7 Å². The highest BCUT2D eigenvalue weighted by molar-refractivity contribution is 5.39. The van der Waals surface area contributed by atoms with Crippen molar-refractivity contribution in [2.45, 2.75) is 51.4 Å². The van der Waals surface area contributed by atoms with Crippen molar-refractivity contribution >= 4 is 5.69 Å². The highest BCUT2D eigenvalue weighted by Crippen LogP contribution is 2.30. The summed E-state index contributed by atoms with van der Waals surface area (Å²) in [7, 11) is 0. The van der Waals surface area contributed by atoms with Crippen molar-refractivity contribution in [2.24, 2.45) is 0 Å². The molecule has 0 spiro atoms. The normalized spacial score (nSPS) is 18.3. The maximum absolute atomic E-state index is 10.9. The molecule has 0 aliphatic heterocycles. The molecule has 1 fully saturated rings. The standard InChI is InChI=1S/C13H22N4O4/c1-9-12(17(20)21)10(2)16(15-9)7-11(18)6-14-8-13(19)4-3-5-13/h11,14,18-19H,3-8H2,1-2H3. The van der Waals surface area contributed by atoms with E-state index in [1.807, 2.05) is 0 Å². The molecule has 0 bridgehead atoms. The van der Waals surface area contributed by atoms with Gasteiger partial charge in [0.15, 0.2) is 0 Å². The van der Waals surface area contributed by atoms with E-state index in [4.69, 9.17) is 0 Å². The fourth-order valence-corrected chi connectivity index (χ4v) is 2.63. The van der Waals surface area contributed by atoms with Gasteiger partial charge in [-0.15, -0.1) is 0 Å². The number of aryl methyl sites for hydroxylation is 1. The summed E-state index contributed by atoms with van der Waals surface area (Å²) in [6.07, 6.45) is 1.90. The number of nitrogens with zero attached hydrogens (tertiary/aromatic N) is 3. The van der Waals surface area contributed by atoms with E-state index in [9.17, 15) is 20.3 Å². The quantitative estimate of drug-likeness (QED) is 0.492. The fourth-order valence-electron chi connectivity index (χ4n) is 2.63. The predicted molar refractivity (Wildman–Crippen MR) is 76.0 cm³/mol. The van der Waals surface area contributed by atoms with E-state index in [2.05, 4.69) is 10.4 Å². The molecule has 1 aliphatic rings. The third-order valence-corrected chi connectivity index (χ3v) is 4.03. The molecule has 1 heterocycles. The number of aliphatic hydroxyl groups excluding tert-OH is 1. The number of nitro groups is 1. The Kier molecular flexibility index (Phi) is 4.60. The van der Waals surface area contributed by atoms with E-state index in [0.717, 1.165) is 19.3 Å². The maximum Gasteiger partial charge on any atom is 0.312 e. The monoisotopic (exact) mass is 298 g/mol. The topological polar surface area (TPSA) is 113 Å². The second-order valence-corrected chi connectivity index (χ2v) is 5.82. The van der Waals surface area contributed by atoms with Crippen LogP contribution in [0.2, 0.25) is 0 Å². The van der Waals surface area contributed by atoms with Gasteiger partial charge in [-0.2, -0.15) is 5.10 Å². The van der Waals surface area contributed by atoms with Crippen molar-refractivity contribution < 1.29 is 15.1 Å². The maximum atomic E-state index is 10.9. The Morgan fingerprint density at radius 3 is 2.67 bits per heavy atom. The largest absolute Gasteiger partial charge is 0.390 e. The zero-order valence-electron chi connectivity index (χ0n) is 12.4. The minimum Gasteiger partial charge on any atom is -0.390 e. The Hall–Kier alpha value is -1.51. The third kappa shape index (κ3) is 3.58. The molecule has 1 unspecified atom stereocenters. The zero-order valence-corrected chi connectivity index (χ0v) is 12.4. The minimum absolute atomic E-state index is 0.000983. The second-order valence-electron chi connectivity index (χ2n) is 5.82. The first-order valence-electron chi connectivity index (χ1n) is 7.12. The molecule has 0 saturated heterocycles. The highest BCUT2D eigenvalue weighted by atomic mass is 16.6. The minimum atomic E-state index is -0.716. The molecule has 1 aromatic rings. The lowest BCUT2D eigenvalue weighted by Gasteiger charge is -2.36. The molecule has 1 aromatic heterocycles. The van der Waals surface area contributed by atoms with Gasteiger partial charge >= 0.3 is 5.69 Å². The Bertz CT molecular complexity index is 524. The van der Waals surface area contributed by atoms with Gasteiger partial charge in [0.1, 0.15) is 11.4 Å². The molecule has 118 valence electrons. The first-order chi connectivity index (χ1) is 9.82. The summed E-state index contributed by atoms with van der Waals surface area (Å²) in [6, 6.07) is 0. The molecule has 2 rings (SSSR count). The summed E-state index contributed by atoms with van der Waals surface area (Å²) in [4.78, 5) is 10.5. The van der Waals surface area contributed by atoms with Gasteiger partial charge in [0.25, 0.3) is 0 Å². The summed E-state index contributed by atoms with van der Waals surface area (Å²) in [6.45, 7) is 4.16. The van der Waals surface area contributed by atoms with Gasteiger partial charge < -0.3 is 15.5 Å². The van der Waals surface area contributed by atoms with Crippen LogP contribution in [0.25, 0.3) is 0 Å². The smallest absolute Gasteiger partial charge is 0.312 e. The van der Waals surface area contributed by atoms with Gasteiger partial charge in [0, 0.05) is 13.1 Å². The number of nitrogens with one attached hydrogen (secondary N) is 1. The van der Waals surface area contributed by atoms with Gasteiger partial charge in [-0.25, -0.2) is 0 Å². The molecule has 0 radical (unpaired) electrons. The van der Waals surface area contributed by atoms with Crippen molar-refractivity contribution in [1.29, 1.82) is 0 Å². The van der Waals surface area contributed by atoms with E-state index in [1.54, 1.807) is 13.8 Å². The molecule has 8 nitrogen and oxygen atoms in total. The van der Waals surface area contributed by atoms with Crippen LogP contribution in [0.4, 0.5) is 5.69 Å². The Balaban J connectivity index is 1.86. The lowest BCUT2D eigenvalue weighted by molar-refractivity contribution is -0.386. The first kappa shape index (κ1) is 15.9. The highest BCUT2D eigenvalue weighted by Gasteiger charge is 2.33. The average Bonchev–Trinajstić information content (AvgIpc) is 2.62. The molecular weight excluding hydrogens is 276 g/mol. The van der Waals surface area contributed by atoms with Gasteiger partial charge in [0.2, 0.25) is 0 Å². The number of aliphatic hydroxyl groups is 2. The van der Waals surface area contributed by atoms with E-state index >= 15 is 0 Å². The van der Waals surface area contributed by atoms with E-state index in [1.165, 1.54) is 4.68 Å². The van der Waals surface area contributed by atoms with Crippen LogP contribution in [0.1, 0.15) is 30.7 Å². The first-order valence-corrected chi connectivity index (χ1v) is 7.12. The lowest BCUT2D eigenvalue weighted by atomic mass is 9.80. The van der Waals surface area contributed by atoms with Gasteiger partial charge in [-0.05, 0) is 33.1 Å². The van der Waals surface area contributed by atoms with Crippen LogP contribution in [0, 0.1) is 24.0 Å². The van der Waals surface area contributed by atoms with Crippen LogP contribution in [-0.2, 0) is 6.54 Å². The van der Waals surface area contributed by atoms with Crippen molar-refractivity contribution in [3.63, 3.8) is 0 Å². The fraction of sp³-hybridized carbons (Fsp3) is 0.769. The van der Waals surface area contributed by atoms with Crippen LogP contribution in [0.15, 0.2) is 0 Å². The Labute approximate surface area is 122 Å². The van der Waals surface area contributed by atoms with Crippen LogP contribution < -0.4 is 5.32 Å². The third-order valence-electron chi connectivity index (χ3n) is 4.03. The molecule has 1 atom stereocenters. The van der Waals surface area contributed by atoms with Gasteiger partial charge in [0.05, 0.1) is 23.2 Å². The van der Waals surface area contributed by atoms with E-state index in [-0.39, 0.29) is 12.2 Å². The van der Waals surface area contributed by atoms with Crippen molar-refractivity contribution in [3.8, 4) is 0 Å². The molecular formula is C13H22N4O4. The predicted octanol–water partition coefficient (Wildman–Crippen LogP) is 0.274. The Morgan fingerprint density at radius 2 is 2.19 bits per heavy atom. The number of aromatic nitrogens is 2. The number of hydrogen-bond donors (Lipinski definition) is 3. The summed E-state index contributed by atoms with van der Waals surface area (Å²) < 4.78 is 1.46. The second kappa shape index (κ2) is 6.08. The van der Waals surface area contributed by atoms with Crippen LogP contribution in [0.3, 0.4) is 0 Å². The van der Waals surface area contributed by atoms with Crippen molar-refractivity contribution in [1.82, 2.24) is 15.1 Å². The number of hydrogen-bond acceptors (Lipinski definition) is 6. The van der Waals surface area contributed by atoms with E-state index < -0.39 is 16.6 Å². The lowest BCUT2D eigenvalue weighted by Crippen LogP contribution is -2.48. The van der Waals surface area contributed by atoms with E-state index in [0.29, 0.717) is 24.5 Å². The van der Waals surface area contributed by atoms with Crippen molar-refractivity contribution in [2.75, 3.05) is 13.1 Å². The van der Waals surface area contributed by atoms with Gasteiger partial charge in [-0.3, -0.25) is 14.8 Å². The molecule has 0 aromatic carbocycles. The number of rotatable bonds is 7.